The first kappa shape index (κ1) is 40.9. The van der Waals surface area contributed by atoms with Gasteiger partial charge in [0.2, 0.25) is 0 Å². The Morgan fingerprint density at radius 2 is 1.08 bits per heavy atom. The number of hydrogen-bond donors (Lipinski definition) is 0. The van der Waals surface area contributed by atoms with Crippen LogP contribution in [0.2, 0.25) is 0 Å². The molecule has 266 valence electrons. The lowest BCUT2D eigenvalue weighted by molar-refractivity contribution is -0.183. The summed E-state index contributed by atoms with van der Waals surface area (Å²) in [7, 11) is 4.89. The quantitative estimate of drug-likeness (QED) is 0.0511. The SMILES string of the molecule is COC(=O)C(CC=C/C=C/CC(C)(C)C)(CC/C(C)=C/CC(c1ccccc1)(c1ccccc1)C(O[SiH3])(C(=O)OC)C(=O)OC)C(=O)OC. The number of allylic oxidation sites excluding steroid dienone is 6. The fraction of sp³-hybridized carbons (Fsp3) is 0.436. The molecule has 0 bridgehead atoms. The summed E-state index contributed by atoms with van der Waals surface area (Å²) >= 11 is 0. The first-order valence-corrected chi connectivity index (χ1v) is 17.0. The van der Waals surface area contributed by atoms with Gasteiger partial charge in [-0.3, -0.25) is 9.59 Å². The molecular formula is C39H52O9Si. The van der Waals surface area contributed by atoms with Crippen molar-refractivity contribution in [2.75, 3.05) is 28.4 Å². The van der Waals surface area contributed by atoms with Gasteiger partial charge in [-0.05, 0) is 55.6 Å². The van der Waals surface area contributed by atoms with Gasteiger partial charge >= 0.3 is 23.9 Å². The Morgan fingerprint density at radius 3 is 1.47 bits per heavy atom. The summed E-state index contributed by atoms with van der Waals surface area (Å²) in [4.78, 5) is 54.2. The predicted molar refractivity (Wildman–Crippen MR) is 192 cm³/mol. The van der Waals surface area contributed by atoms with E-state index in [1.54, 1.807) is 6.08 Å². The van der Waals surface area contributed by atoms with Crippen LogP contribution in [0.4, 0.5) is 0 Å². The highest BCUT2D eigenvalue weighted by atomic mass is 28.2. The number of hydrogen-bond acceptors (Lipinski definition) is 9. The van der Waals surface area contributed by atoms with Crippen molar-refractivity contribution < 1.29 is 42.6 Å². The highest BCUT2D eigenvalue weighted by Gasteiger charge is 2.65. The summed E-state index contributed by atoms with van der Waals surface area (Å²) in [6.45, 7) is 8.29. The molecule has 0 aliphatic carbocycles. The first-order chi connectivity index (χ1) is 23.3. The summed E-state index contributed by atoms with van der Waals surface area (Å²) in [6.07, 6.45) is 10.8. The zero-order chi connectivity index (χ0) is 36.7. The fourth-order valence-corrected chi connectivity index (χ4v) is 6.77. The van der Waals surface area contributed by atoms with E-state index in [1.165, 1.54) is 28.4 Å². The molecule has 2 rings (SSSR count). The zero-order valence-corrected chi connectivity index (χ0v) is 32.4. The van der Waals surface area contributed by atoms with E-state index in [1.807, 2.05) is 91.9 Å². The lowest BCUT2D eigenvalue weighted by atomic mass is 9.60. The van der Waals surface area contributed by atoms with Crippen molar-refractivity contribution in [2.45, 2.75) is 70.8 Å². The Hall–Kier alpha value is -4.28. The molecule has 0 radical (unpaired) electrons. The van der Waals surface area contributed by atoms with Crippen LogP contribution in [0.5, 0.6) is 0 Å². The highest BCUT2D eigenvalue weighted by Crippen LogP contribution is 2.49. The third-order valence-corrected chi connectivity index (χ3v) is 9.43. The minimum absolute atomic E-state index is 0.00947. The molecule has 9 nitrogen and oxygen atoms in total. The number of carbonyl (C=O) groups excluding carboxylic acids is 4. The van der Waals surface area contributed by atoms with Gasteiger partial charge in [0.25, 0.3) is 5.60 Å². The number of ether oxygens (including phenoxy) is 4. The zero-order valence-electron chi connectivity index (χ0n) is 30.4. The molecule has 0 heterocycles. The standard InChI is InChI=1S/C39H52O9Si/c1-29(23-27-37(32(40)44-5,33(41)45-6)26-18-10-9-17-25-36(2,3)4)24-28-38(30-19-13-11-14-20-30,31-21-15-12-16-22-31)39(48-49,34(42)46-7)35(43)47-8/h9-22,24H,23,25-28H2,1-8,49H3/b17-9+,18-10?,29-24+. The van der Waals surface area contributed by atoms with Gasteiger partial charge in [-0.1, -0.05) is 117 Å². The van der Waals surface area contributed by atoms with Crippen molar-refractivity contribution in [3.05, 3.63) is 108 Å². The average molecular weight is 693 g/mol. The van der Waals surface area contributed by atoms with Crippen molar-refractivity contribution in [1.82, 2.24) is 0 Å². The summed E-state index contributed by atoms with van der Waals surface area (Å²) in [6, 6.07) is 18.3. The van der Waals surface area contributed by atoms with Crippen molar-refractivity contribution in [3.8, 4) is 0 Å². The van der Waals surface area contributed by atoms with Crippen LogP contribution in [0.15, 0.2) is 96.6 Å². The smallest absolute Gasteiger partial charge is 0.350 e. The van der Waals surface area contributed by atoms with E-state index in [-0.39, 0.29) is 35.2 Å². The Labute approximate surface area is 294 Å². The molecule has 0 fully saturated rings. The van der Waals surface area contributed by atoms with Crippen LogP contribution in [-0.2, 0) is 48.0 Å². The first-order valence-electron chi connectivity index (χ1n) is 16.2. The second-order valence-electron chi connectivity index (χ2n) is 13.2. The minimum atomic E-state index is -2.20. The number of benzene rings is 2. The molecule has 49 heavy (non-hydrogen) atoms. The molecule has 2 aromatic carbocycles. The predicted octanol–water partition coefficient (Wildman–Crippen LogP) is 5.74. The molecule has 0 atom stereocenters. The van der Waals surface area contributed by atoms with Crippen LogP contribution in [-0.4, -0.2) is 68.4 Å². The van der Waals surface area contributed by atoms with Crippen LogP contribution >= 0.6 is 0 Å². The van der Waals surface area contributed by atoms with Gasteiger partial charge in [-0.25, -0.2) is 9.59 Å². The van der Waals surface area contributed by atoms with E-state index in [0.717, 1.165) is 12.0 Å². The monoisotopic (exact) mass is 692 g/mol. The average Bonchev–Trinajstić information content (AvgIpc) is 3.11. The van der Waals surface area contributed by atoms with E-state index in [9.17, 15) is 19.2 Å². The molecule has 2 aromatic rings. The topological polar surface area (TPSA) is 114 Å². The molecule has 0 aromatic heterocycles. The van der Waals surface area contributed by atoms with Crippen LogP contribution in [0.25, 0.3) is 0 Å². The largest absolute Gasteiger partial charge is 0.468 e. The molecule has 0 aliphatic rings. The normalized spacial score (nSPS) is 13.0. The molecule has 10 heteroatoms. The Balaban J connectivity index is 2.69. The van der Waals surface area contributed by atoms with Crippen LogP contribution < -0.4 is 0 Å². The molecule has 0 amide bonds. The Bertz CT molecular complexity index is 1420. The van der Waals surface area contributed by atoms with Crippen molar-refractivity contribution in [1.29, 1.82) is 0 Å². The molecule has 0 saturated carbocycles. The van der Waals surface area contributed by atoms with E-state index < -0.39 is 40.3 Å². The maximum absolute atomic E-state index is 13.8. The van der Waals surface area contributed by atoms with Crippen LogP contribution in [0, 0.1) is 10.8 Å². The Kier molecular flexibility index (Phi) is 15.4. The summed E-state index contributed by atoms with van der Waals surface area (Å²) in [5, 5.41) is 0. The van der Waals surface area contributed by atoms with E-state index in [2.05, 4.69) is 20.8 Å². The van der Waals surface area contributed by atoms with Gasteiger partial charge in [0.15, 0.2) is 5.41 Å². The second-order valence-corrected chi connectivity index (χ2v) is 13.6. The van der Waals surface area contributed by atoms with Crippen LogP contribution in [0.3, 0.4) is 0 Å². The molecule has 0 aliphatic heterocycles. The number of carbonyl (C=O) groups is 4. The summed E-state index contributed by atoms with van der Waals surface area (Å²) in [5.41, 5.74) is -3.06. The highest BCUT2D eigenvalue weighted by molar-refractivity contribution is 6.12. The van der Waals surface area contributed by atoms with Gasteiger partial charge < -0.3 is 23.4 Å². The van der Waals surface area contributed by atoms with Gasteiger partial charge in [0.05, 0.1) is 33.9 Å². The minimum Gasteiger partial charge on any atom is -0.468 e. The summed E-state index contributed by atoms with van der Waals surface area (Å²) < 4.78 is 26.9. The van der Waals surface area contributed by atoms with Crippen molar-refractivity contribution in [2.24, 2.45) is 10.8 Å². The molecule has 0 saturated heterocycles. The molecule has 0 N–H and O–H groups in total. The van der Waals surface area contributed by atoms with E-state index >= 15 is 0 Å². The lowest BCUT2D eigenvalue weighted by Gasteiger charge is -2.46. The van der Waals surface area contributed by atoms with Gasteiger partial charge in [-0.15, -0.1) is 0 Å². The van der Waals surface area contributed by atoms with Gasteiger partial charge in [-0.2, -0.15) is 0 Å². The molecule has 0 unspecified atom stereocenters. The van der Waals surface area contributed by atoms with Gasteiger partial charge in [0.1, 0.15) is 10.5 Å². The Morgan fingerprint density at radius 1 is 0.653 bits per heavy atom. The number of esters is 4. The number of rotatable bonds is 17. The third-order valence-electron chi connectivity index (χ3n) is 8.82. The third kappa shape index (κ3) is 9.24. The maximum atomic E-state index is 13.8. The lowest BCUT2D eigenvalue weighted by Crippen LogP contribution is -2.65. The second kappa shape index (κ2) is 18.5. The molecular weight excluding hydrogens is 641 g/mol. The summed E-state index contributed by atoms with van der Waals surface area (Å²) in [5.74, 6) is -3.19. The maximum Gasteiger partial charge on any atom is 0.350 e. The van der Waals surface area contributed by atoms with Crippen molar-refractivity contribution >= 4 is 34.4 Å². The van der Waals surface area contributed by atoms with Gasteiger partial charge in [0, 0.05) is 0 Å². The van der Waals surface area contributed by atoms with Crippen molar-refractivity contribution in [3.63, 3.8) is 0 Å². The van der Waals surface area contributed by atoms with Crippen LogP contribution in [0.1, 0.15) is 70.9 Å². The fourth-order valence-electron chi connectivity index (χ4n) is 6.09. The number of methoxy groups -OCH3 is 4. The molecule has 0 spiro atoms. The van der Waals surface area contributed by atoms with E-state index in [4.69, 9.17) is 23.4 Å². The van der Waals surface area contributed by atoms with E-state index in [0.29, 0.717) is 17.5 Å².